The SMILES string of the molecule is Cc1cc(C)c(C(=O)O)c(Nc2ccc(Cl)c(F)c2)n1. The molecule has 2 N–H and O–H groups in total. The van der Waals surface area contributed by atoms with Gasteiger partial charge in [-0.25, -0.2) is 14.2 Å². The lowest BCUT2D eigenvalue weighted by molar-refractivity contribution is 0.0697. The zero-order chi connectivity index (χ0) is 14.9. The molecule has 0 spiro atoms. The average molecular weight is 295 g/mol. The molecule has 1 heterocycles. The molecule has 0 radical (unpaired) electrons. The third-order valence-corrected chi connectivity index (χ3v) is 3.05. The molecular weight excluding hydrogens is 283 g/mol. The maximum absolute atomic E-state index is 13.4. The largest absolute Gasteiger partial charge is 0.478 e. The molecule has 2 rings (SSSR count). The molecule has 0 fully saturated rings. The fourth-order valence-corrected chi connectivity index (χ4v) is 2.03. The number of carboxylic acid groups (broad SMARTS) is 1. The van der Waals surface area contributed by atoms with E-state index in [2.05, 4.69) is 10.3 Å². The number of carbonyl (C=O) groups is 1. The summed E-state index contributed by atoms with van der Waals surface area (Å²) in [6, 6.07) is 5.81. The van der Waals surface area contributed by atoms with Crippen molar-refractivity contribution in [3.63, 3.8) is 0 Å². The van der Waals surface area contributed by atoms with E-state index < -0.39 is 11.8 Å². The Hall–Kier alpha value is -2.14. The number of aromatic nitrogens is 1. The second-order valence-corrected chi connectivity index (χ2v) is 4.77. The van der Waals surface area contributed by atoms with E-state index in [1.165, 1.54) is 12.1 Å². The fourth-order valence-electron chi connectivity index (χ4n) is 1.91. The van der Waals surface area contributed by atoms with Gasteiger partial charge in [0, 0.05) is 11.4 Å². The van der Waals surface area contributed by atoms with Crippen LogP contribution in [0.3, 0.4) is 0 Å². The molecule has 1 aromatic heterocycles. The Bertz CT molecular complexity index is 689. The van der Waals surface area contributed by atoms with Gasteiger partial charge in [-0.2, -0.15) is 0 Å². The second kappa shape index (κ2) is 5.46. The molecule has 0 aliphatic rings. The van der Waals surface area contributed by atoms with E-state index in [0.29, 0.717) is 16.9 Å². The highest BCUT2D eigenvalue weighted by Gasteiger charge is 2.16. The maximum Gasteiger partial charge on any atom is 0.339 e. The fraction of sp³-hybridized carbons (Fsp3) is 0.143. The topological polar surface area (TPSA) is 62.2 Å². The zero-order valence-electron chi connectivity index (χ0n) is 10.9. The predicted octanol–water partition coefficient (Wildman–Crippen LogP) is 3.93. The number of anilines is 2. The number of carboxylic acids is 1. The van der Waals surface area contributed by atoms with Gasteiger partial charge in [0.15, 0.2) is 0 Å². The molecule has 0 atom stereocenters. The molecule has 0 saturated heterocycles. The molecule has 2 aromatic rings. The van der Waals surface area contributed by atoms with Gasteiger partial charge in [-0.15, -0.1) is 0 Å². The zero-order valence-corrected chi connectivity index (χ0v) is 11.6. The maximum atomic E-state index is 13.4. The number of halogens is 2. The Morgan fingerprint density at radius 1 is 1.35 bits per heavy atom. The number of hydrogen-bond donors (Lipinski definition) is 2. The summed E-state index contributed by atoms with van der Waals surface area (Å²) >= 11 is 5.60. The van der Waals surface area contributed by atoms with Crippen LogP contribution >= 0.6 is 11.6 Å². The molecule has 104 valence electrons. The molecule has 0 aliphatic heterocycles. The number of nitrogens with one attached hydrogen (secondary N) is 1. The first kappa shape index (κ1) is 14.3. The van der Waals surface area contributed by atoms with Crippen LogP contribution in [0.2, 0.25) is 5.02 Å². The van der Waals surface area contributed by atoms with Crippen molar-refractivity contribution in [1.29, 1.82) is 0 Å². The van der Waals surface area contributed by atoms with Crippen LogP contribution in [0.1, 0.15) is 21.6 Å². The molecule has 1 aromatic carbocycles. The Labute approximate surface area is 120 Å². The molecule has 6 heteroatoms. The average Bonchev–Trinajstić information content (AvgIpc) is 2.32. The van der Waals surface area contributed by atoms with Crippen LogP contribution in [0, 0.1) is 19.7 Å². The first-order valence-corrected chi connectivity index (χ1v) is 6.20. The van der Waals surface area contributed by atoms with Crippen LogP contribution in [0.4, 0.5) is 15.9 Å². The predicted molar refractivity (Wildman–Crippen MR) is 75.4 cm³/mol. The summed E-state index contributed by atoms with van der Waals surface area (Å²) < 4.78 is 13.4. The summed E-state index contributed by atoms with van der Waals surface area (Å²) in [5.74, 6) is -1.50. The molecule has 4 nitrogen and oxygen atoms in total. The minimum atomic E-state index is -1.09. The Morgan fingerprint density at radius 3 is 2.65 bits per heavy atom. The van der Waals surface area contributed by atoms with Crippen LogP contribution in [0.25, 0.3) is 0 Å². The third kappa shape index (κ3) is 2.88. The summed E-state index contributed by atoms with van der Waals surface area (Å²) in [5, 5.41) is 12.1. The standard InChI is InChI=1S/C14H12ClFN2O2/c1-7-5-8(2)17-13(12(7)14(19)20)18-9-3-4-10(15)11(16)6-9/h3-6H,1-2H3,(H,17,18)(H,19,20). The lowest BCUT2D eigenvalue weighted by Gasteiger charge is -2.12. The van der Waals surface area contributed by atoms with Crippen molar-refractivity contribution >= 4 is 29.1 Å². The first-order valence-electron chi connectivity index (χ1n) is 5.82. The van der Waals surface area contributed by atoms with E-state index in [4.69, 9.17) is 11.6 Å². The molecule has 0 bridgehead atoms. The lowest BCUT2D eigenvalue weighted by atomic mass is 10.1. The minimum Gasteiger partial charge on any atom is -0.478 e. The third-order valence-electron chi connectivity index (χ3n) is 2.74. The summed E-state index contributed by atoms with van der Waals surface area (Å²) in [6.07, 6.45) is 0. The number of aromatic carboxylic acids is 1. The second-order valence-electron chi connectivity index (χ2n) is 4.36. The van der Waals surface area contributed by atoms with Gasteiger partial charge in [-0.1, -0.05) is 11.6 Å². The van der Waals surface area contributed by atoms with Gasteiger partial charge in [-0.05, 0) is 43.7 Å². The van der Waals surface area contributed by atoms with Crippen molar-refractivity contribution in [2.45, 2.75) is 13.8 Å². The summed E-state index contributed by atoms with van der Waals surface area (Å²) in [4.78, 5) is 15.4. The van der Waals surface area contributed by atoms with Gasteiger partial charge in [0.25, 0.3) is 0 Å². The Balaban J connectivity index is 2.47. The van der Waals surface area contributed by atoms with Crippen molar-refractivity contribution in [3.8, 4) is 0 Å². The van der Waals surface area contributed by atoms with Gasteiger partial charge >= 0.3 is 5.97 Å². The lowest BCUT2D eigenvalue weighted by Crippen LogP contribution is -2.08. The number of benzene rings is 1. The Kier molecular flexibility index (Phi) is 3.90. The minimum absolute atomic E-state index is 0.00221. The number of rotatable bonds is 3. The van der Waals surface area contributed by atoms with E-state index in [1.807, 2.05) is 0 Å². The van der Waals surface area contributed by atoms with Crippen molar-refractivity contribution in [2.75, 3.05) is 5.32 Å². The number of aryl methyl sites for hydroxylation is 2. The van der Waals surface area contributed by atoms with Crippen molar-refractivity contribution in [2.24, 2.45) is 0 Å². The Morgan fingerprint density at radius 2 is 2.05 bits per heavy atom. The van der Waals surface area contributed by atoms with E-state index in [9.17, 15) is 14.3 Å². The monoisotopic (exact) mass is 294 g/mol. The summed E-state index contributed by atoms with van der Waals surface area (Å²) in [5.41, 5.74) is 1.70. The van der Waals surface area contributed by atoms with Crippen LogP contribution < -0.4 is 5.32 Å². The first-order chi connectivity index (χ1) is 9.38. The van der Waals surface area contributed by atoms with Crippen molar-refractivity contribution in [3.05, 3.63) is 51.9 Å². The number of hydrogen-bond acceptors (Lipinski definition) is 3. The van der Waals surface area contributed by atoms with Gasteiger partial charge in [0.2, 0.25) is 0 Å². The van der Waals surface area contributed by atoms with Crippen molar-refractivity contribution in [1.82, 2.24) is 4.98 Å². The molecule has 0 saturated carbocycles. The van der Waals surface area contributed by atoms with E-state index >= 15 is 0 Å². The van der Waals surface area contributed by atoms with Crippen LogP contribution in [0.5, 0.6) is 0 Å². The normalized spacial score (nSPS) is 10.4. The molecule has 0 unspecified atom stereocenters. The highest BCUT2D eigenvalue weighted by atomic mass is 35.5. The molecule has 20 heavy (non-hydrogen) atoms. The van der Waals surface area contributed by atoms with Crippen molar-refractivity contribution < 1.29 is 14.3 Å². The molecular formula is C14H12ClFN2O2. The van der Waals surface area contributed by atoms with E-state index in [0.717, 1.165) is 0 Å². The molecule has 0 amide bonds. The smallest absolute Gasteiger partial charge is 0.339 e. The highest BCUT2D eigenvalue weighted by Crippen LogP contribution is 2.25. The molecule has 0 aliphatic carbocycles. The number of nitrogens with zero attached hydrogens (tertiary/aromatic N) is 1. The highest BCUT2D eigenvalue weighted by molar-refractivity contribution is 6.30. The summed E-state index contributed by atoms with van der Waals surface area (Å²) in [7, 11) is 0. The van der Waals surface area contributed by atoms with E-state index in [-0.39, 0.29) is 16.4 Å². The van der Waals surface area contributed by atoms with Crippen LogP contribution in [-0.4, -0.2) is 16.1 Å². The summed E-state index contributed by atoms with van der Waals surface area (Å²) in [6.45, 7) is 3.44. The van der Waals surface area contributed by atoms with Crippen LogP contribution in [0.15, 0.2) is 24.3 Å². The van der Waals surface area contributed by atoms with E-state index in [1.54, 1.807) is 26.0 Å². The van der Waals surface area contributed by atoms with Gasteiger partial charge in [-0.3, -0.25) is 0 Å². The van der Waals surface area contributed by atoms with Gasteiger partial charge in [0.05, 0.1) is 5.02 Å². The van der Waals surface area contributed by atoms with Crippen LogP contribution in [-0.2, 0) is 0 Å². The van der Waals surface area contributed by atoms with Gasteiger partial charge in [0.1, 0.15) is 17.2 Å². The van der Waals surface area contributed by atoms with Gasteiger partial charge < -0.3 is 10.4 Å². The quantitative estimate of drug-likeness (QED) is 0.900. The number of pyridine rings is 1.